The molecule has 2 atom stereocenters. The molecule has 0 radical (unpaired) electrons. The molecule has 1 fully saturated rings. The van der Waals surface area contributed by atoms with Crippen LogP contribution in [-0.2, 0) is 9.59 Å². The molecule has 2 aromatic rings. The molecule has 0 spiro atoms. The van der Waals surface area contributed by atoms with Crippen molar-refractivity contribution in [2.24, 2.45) is 10.8 Å². The third-order valence-electron chi connectivity index (χ3n) is 5.81. The second kappa shape index (κ2) is 8.67. The third kappa shape index (κ3) is 3.93. The van der Waals surface area contributed by atoms with Gasteiger partial charge in [0.25, 0.3) is 5.91 Å². The lowest BCUT2D eigenvalue weighted by atomic mass is 10.0. The van der Waals surface area contributed by atoms with Crippen molar-refractivity contribution in [1.29, 1.82) is 0 Å². The van der Waals surface area contributed by atoms with E-state index in [2.05, 4.69) is 5.10 Å². The van der Waals surface area contributed by atoms with Gasteiger partial charge in [-0.25, -0.2) is 0 Å². The second-order valence-electron chi connectivity index (χ2n) is 7.62. The summed E-state index contributed by atoms with van der Waals surface area (Å²) in [5.74, 6) is 0.599. The maximum absolute atomic E-state index is 13.4. The van der Waals surface area contributed by atoms with Crippen LogP contribution in [0, 0.1) is 0 Å². The summed E-state index contributed by atoms with van der Waals surface area (Å²) in [5.41, 5.74) is 7.67. The van der Waals surface area contributed by atoms with E-state index in [0.717, 1.165) is 24.1 Å². The fourth-order valence-corrected chi connectivity index (χ4v) is 4.26. The molecule has 1 saturated heterocycles. The van der Waals surface area contributed by atoms with Crippen molar-refractivity contribution >= 4 is 23.2 Å². The average molecular weight is 422 g/mol. The summed E-state index contributed by atoms with van der Waals surface area (Å²) in [7, 11) is 3.18. The Morgan fingerprint density at radius 3 is 2.48 bits per heavy atom. The largest absolute Gasteiger partial charge is 0.493 e. The zero-order chi connectivity index (χ0) is 22.0. The first kappa shape index (κ1) is 20.7. The van der Waals surface area contributed by atoms with Crippen LogP contribution >= 0.6 is 0 Å². The smallest absolute Gasteiger partial charge is 0.270 e. The lowest BCUT2D eigenvalue weighted by Crippen LogP contribution is -2.40. The Bertz CT molecular complexity index is 1010. The summed E-state index contributed by atoms with van der Waals surface area (Å²) in [6, 6.07) is 14.2. The monoisotopic (exact) mass is 422 g/mol. The molecular weight excluding hydrogens is 396 g/mol. The number of primary amides is 1. The van der Waals surface area contributed by atoms with Crippen LogP contribution in [0.5, 0.6) is 11.5 Å². The highest BCUT2D eigenvalue weighted by Crippen LogP contribution is 2.37. The molecule has 0 bridgehead atoms. The Hall–Kier alpha value is -3.55. The van der Waals surface area contributed by atoms with Gasteiger partial charge in [-0.05, 0) is 42.7 Å². The quantitative estimate of drug-likeness (QED) is 0.771. The molecule has 162 valence electrons. The van der Waals surface area contributed by atoms with Crippen molar-refractivity contribution in [2.45, 2.75) is 31.3 Å². The van der Waals surface area contributed by atoms with Gasteiger partial charge in [0.1, 0.15) is 11.8 Å². The lowest BCUT2D eigenvalue weighted by molar-refractivity contribution is -0.125. The SMILES string of the molecule is COc1ccc(C2CCCN2C(=O)C2=NN(c3ccccc3)C(C(N)=O)C2)cc1OC. The molecule has 2 amide bonds. The third-order valence-corrected chi connectivity index (χ3v) is 5.81. The number of anilines is 1. The summed E-state index contributed by atoms with van der Waals surface area (Å²) in [5, 5.41) is 6.06. The maximum Gasteiger partial charge on any atom is 0.270 e. The lowest BCUT2D eigenvalue weighted by Gasteiger charge is -2.25. The molecule has 8 nitrogen and oxygen atoms in total. The summed E-state index contributed by atoms with van der Waals surface area (Å²) < 4.78 is 10.7. The molecule has 0 aromatic heterocycles. The van der Waals surface area contributed by atoms with Crippen molar-refractivity contribution in [3.8, 4) is 11.5 Å². The highest BCUT2D eigenvalue weighted by atomic mass is 16.5. The van der Waals surface area contributed by atoms with E-state index < -0.39 is 11.9 Å². The van der Waals surface area contributed by atoms with E-state index in [9.17, 15) is 9.59 Å². The highest BCUT2D eigenvalue weighted by molar-refractivity contribution is 6.40. The number of hydrazone groups is 1. The minimum Gasteiger partial charge on any atom is -0.493 e. The number of ether oxygens (including phenoxy) is 2. The predicted molar refractivity (Wildman–Crippen MR) is 117 cm³/mol. The van der Waals surface area contributed by atoms with Gasteiger partial charge in [0, 0.05) is 13.0 Å². The Labute approximate surface area is 181 Å². The first-order valence-corrected chi connectivity index (χ1v) is 10.3. The molecule has 2 aromatic carbocycles. The van der Waals surface area contributed by atoms with Crippen LogP contribution in [0.3, 0.4) is 0 Å². The first-order chi connectivity index (χ1) is 15.0. The van der Waals surface area contributed by atoms with E-state index in [1.807, 2.05) is 53.4 Å². The number of likely N-dealkylation sites (tertiary alicyclic amines) is 1. The van der Waals surface area contributed by atoms with Crippen LogP contribution < -0.4 is 20.2 Å². The number of nitrogens with two attached hydrogens (primary N) is 1. The number of rotatable bonds is 6. The number of carbonyl (C=O) groups excluding carboxylic acids is 2. The van der Waals surface area contributed by atoms with Crippen molar-refractivity contribution in [1.82, 2.24) is 4.90 Å². The van der Waals surface area contributed by atoms with Gasteiger partial charge in [0.15, 0.2) is 11.5 Å². The van der Waals surface area contributed by atoms with Crippen molar-refractivity contribution < 1.29 is 19.1 Å². The number of methoxy groups -OCH3 is 2. The second-order valence-corrected chi connectivity index (χ2v) is 7.62. The van der Waals surface area contributed by atoms with E-state index in [1.165, 1.54) is 0 Å². The van der Waals surface area contributed by atoms with Gasteiger partial charge in [0.05, 0.1) is 25.9 Å². The first-order valence-electron chi connectivity index (χ1n) is 10.3. The van der Waals surface area contributed by atoms with Crippen LogP contribution in [-0.4, -0.2) is 49.2 Å². The highest BCUT2D eigenvalue weighted by Gasteiger charge is 2.39. The van der Waals surface area contributed by atoms with Crippen LogP contribution in [0.25, 0.3) is 0 Å². The number of hydrogen-bond acceptors (Lipinski definition) is 6. The Kier molecular flexibility index (Phi) is 5.79. The molecule has 8 heteroatoms. The van der Waals surface area contributed by atoms with Gasteiger partial charge >= 0.3 is 0 Å². The number of benzene rings is 2. The maximum atomic E-state index is 13.4. The molecule has 2 unspecified atom stereocenters. The Morgan fingerprint density at radius 2 is 1.81 bits per heavy atom. The van der Waals surface area contributed by atoms with Gasteiger partial charge in [0.2, 0.25) is 5.91 Å². The summed E-state index contributed by atoms with van der Waals surface area (Å²) >= 11 is 0. The summed E-state index contributed by atoms with van der Waals surface area (Å²) in [4.78, 5) is 27.3. The average Bonchev–Trinajstić information content (AvgIpc) is 3.46. The predicted octanol–water partition coefficient (Wildman–Crippen LogP) is 2.49. The fourth-order valence-electron chi connectivity index (χ4n) is 4.26. The Balaban J connectivity index is 1.60. The van der Waals surface area contributed by atoms with Crippen molar-refractivity contribution in [2.75, 3.05) is 25.8 Å². The van der Waals surface area contributed by atoms with E-state index >= 15 is 0 Å². The van der Waals surface area contributed by atoms with Crippen molar-refractivity contribution in [3.63, 3.8) is 0 Å². The van der Waals surface area contributed by atoms with Gasteiger partial charge in [-0.3, -0.25) is 14.6 Å². The number of hydrogen-bond donors (Lipinski definition) is 1. The van der Waals surface area contributed by atoms with Crippen molar-refractivity contribution in [3.05, 3.63) is 54.1 Å². The normalized spacial score (nSPS) is 20.5. The van der Waals surface area contributed by atoms with Gasteiger partial charge in [-0.1, -0.05) is 24.3 Å². The zero-order valence-electron chi connectivity index (χ0n) is 17.7. The number of nitrogens with zero attached hydrogens (tertiary/aromatic N) is 3. The topological polar surface area (TPSA) is 97.5 Å². The molecular formula is C23H26N4O4. The molecule has 2 aliphatic rings. The molecule has 4 rings (SSSR count). The fraction of sp³-hybridized carbons (Fsp3) is 0.348. The van der Waals surface area contributed by atoms with E-state index in [1.54, 1.807) is 19.2 Å². The van der Waals surface area contributed by atoms with Crippen LogP contribution in [0.15, 0.2) is 53.6 Å². The standard InChI is InChI=1S/C23H26N4O4/c1-30-20-11-10-15(13-21(20)31-2)18-9-6-12-26(18)23(29)17-14-19(22(24)28)27(25-17)16-7-4-3-5-8-16/h3-5,7-8,10-11,13,18-19H,6,9,12,14H2,1-2H3,(H2,24,28). The van der Waals surface area contributed by atoms with Crippen LogP contribution in [0.4, 0.5) is 5.69 Å². The minimum atomic E-state index is -0.677. The van der Waals surface area contributed by atoms with E-state index in [-0.39, 0.29) is 18.4 Å². The van der Waals surface area contributed by atoms with E-state index in [0.29, 0.717) is 23.8 Å². The minimum absolute atomic E-state index is 0.0900. The van der Waals surface area contributed by atoms with Gasteiger partial charge < -0.3 is 20.1 Å². The molecule has 2 N–H and O–H groups in total. The summed E-state index contributed by atoms with van der Waals surface area (Å²) in [6.45, 7) is 0.628. The van der Waals surface area contributed by atoms with Gasteiger partial charge in [-0.15, -0.1) is 0 Å². The van der Waals surface area contributed by atoms with Gasteiger partial charge in [-0.2, -0.15) is 5.10 Å². The zero-order valence-corrected chi connectivity index (χ0v) is 17.7. The van der Waals surface area contributed by atoms with Crippen LogP contribution in [0.2, 0.25) is 0 Å². The van der Waals surface area contributed by atoms with E-state index in [4.69, 9.17) is 15.2 Å². The number of para-hydroxylation sites is 1. The molecule has 2 heterocycles. The summed E-state index contributed by atoms with van der Waals surface area (Å²) in [6.07, 6.45) is 1.92. The number of amides is 2. The Morgan fingerprint density at radius 1 is 1.06 bits per heavy atom. The molecule has 0 aliphatic carbocycles. The molecule has 31 heavy (non-hydrogen) atoms. The number of carbonyl (C=O) groups is 2. The molecule has 0 saturated carbocycles. The van der Waals surface area contributed by atoms with Crippen LogP contribution in [0.1, 0.15) is 30.9 Å². The molecule has 2 aliphatic heterocycles.